The van der Waals surface area contributed by atoms with Crippen molar-refractivity contribution in [2.75, 3.05) is 5.73 Å². The summed E-state index contributed by atoms with van der Waals surface area (Å²) in [6.07, 6.45) is 0.865. The number of nitrogens with zero attached hydrogens (tertiary/aromatic N) is 2. The molecule has 0 saturated heterocycles. The van der Waals surface area contributed by atoms with Gasteiger partial charge in [0.1, 0.15) is 5.82 Å². The molecule has 1 aromatic carbocycles. The lowest BCUT2D eigenvalue weighted by Gasteiger charge is -2.07. The van der Waals surface area contributed by atoms with Crippen LogP contribution >= 0.6 is 22.6 Å². The lowest BCUT2D eigenvalue weighted by molar-refractivity contribution is 0.994. The van der Waals surface area contributed by atoms with Crippen LogP contribution in [0.2, 0.25) is 0 Å². The van der Waals surface area contributed by atoms with Crippen LogP contribution in [0.1, 0.15) is 18.2 Å². The Kier molecular flexibility index (Phi) is 3.61. The minimum absolute atomic E-state index is 0.563. The minimum atomic E-state index is 0.563. The van der Waals surface area contributed by atoms with Crippen molar-refractivity contribution >= 4 is 28.4 Å². The first-order chi connectivity index (χ1) is 8.11. The summed E-state index contributed by atoms with van der Waals surface area (Å²) in [5.41, 5.74) is 9.15. The normalized spacial score (nSPS) is 10.5. The molecule has 0 amide bonds. The molecule has 0 radical (unpaired) electrons. The van der Waals surface area contributed by atoms with Crippen molar-refractivity contribution in [3.8, 4) is 11.4 Å². The van der Waals surface area contributed by atoms with Crippen molar-refractivity contribution in [1.29, 1.82) is 0 Å². The number of benzene rings is 1. The molecule has 2 aromatic rings. The highest BCUT2D eigenvalue weighted by Crippen LogP contribution is 2.22. The topological polar surface area (TPSA) is 51.8 Å². The summed E-state index contributed by atoms with van der Waals surface area (Å²) in [7, 11) is 0. The smallest absolute Gasteiger partial charge is 0.161 e. The van der Waals surface area contributed by atoms with Crippen LogP contribution in [0, 0.1) is 10.5 Å². The maximum Gasteiger partial charge on any atom is 0.161 e. The quantitative estimate of drug-likeness (QED) is 0.855. The van der Waals surface area contributed by atoms with E-state index in [9.17, 15) is 0 Å². The molecule has 17 heavy (non-hydrogen) atoms. The van der Waals surface area contributed by atoms with E-state index in [1.165, 1.54) is 5.56 Å². The fourth-order valence-electron chi connectivity index (χ4n) is 1.58. The second kappa shape index (κ2) is 5.00. The van der Waals surface area contributed by atoms with Crippen LogP contribution in [-0.4, -0.2) is 9.97 Å². The van der Waals surface area contributed by atoms with Gasteiger partial charge in [0.25, 0.3) is 0 Å². The minimum Gasteiger partial charge on any atom is -0.383 e. The van der Waals surface area contributed by atoms with E-state index in [0.717, 1.165) is 21.2 Å². The average Bonchev–Trinajstić information content (AvgIpc) is 2.33. The fourth-order valence-corrected chi connectivity index (χ4v) is 2.20. The Morgan fingerprint density at radius 3 is 2.41 bits per heavy atom. The molecule has 0 atom stereocenters. The second-order valence-electron chi connectivity index (χ2n) is 3.91. The molecule has 0 unspecified atom stereocenters. The highest BCUT2D eigenvalue weighted by atomic mass is 127. The van der Waals surface area contributed by atoms with Gasteiger partial charge in [0, 0.05) is 5.56 Å². The van der Waals surface area contributed by atoms with E-state index in [0.29, 0.717) is 11.6 Å². The van der Waals surface area contributed by atoms with Gasteiger partial charge in [0.05, 0.1) is 9.26 Å². The Morgan fingerprint density at radius 1 is 1.18 bits per heavy atom. The molecule has 0 aliphatic rings. The van der Waals surface area contributed by atoms with Crippen molar-refractivity contribution < 1.29 is 0 Å². The van der Waals surface area contributed by atoms with Crippen molar-refractivity contribution in [2.45, 2.75) is 20.3 Å². The Bertz CT molecular complexity index is 535. The number of hydrogen-bond acceptors (Lipinski definition) is 3. The first-order valence-electron chi connectivity index (χ1n) is 5.50. The van der Waals surface area contributed by atoms with Gasteiger partial charge in [-0.3, -0.25) is 0 Å². The number of hydrogen-bond donors (Lipinski definition) is 1. The number of rotatable bonds is 2. The number of nitrogens with two attached hydrogens (primary N) is 1. The lowest BCUT2D eigenvalue weighted by atomic mass is 10.1. The van der Waals surface area contributed by atoms with Gasteiger partial charge in [0.15, 0.2) is 5.82 Å². The Morgan fingerprint density at radius 2 is 1.82 bits per heavy atom. The van der Waals surface area contributed by atoms with E-state index in [-0.39, 0.29) is 0 Å². The highest BCUT2D eigenvalue weighted by Gasteiger charge is 2.09. The molecular formula is C13H14IN3. The maximum absolute atomic E-state index is 5.91. The first-order valence-corrected chi connectivity index (χ1v) is 6.58. The average molecular weight is 339 g/mol. The van der Waals surface area contributed by atoms with Crippen molar-refractivity contribution in [3.05, 3.63) is 39.1 Å². The summed E-state index contributed by atoms with van der Waals surface area (Å²) in [5.74, 6) is 1.27. The molecule has 2 rings (SSSR count). The van der Waals surface area contributed by atoms with Gasteiger partial charge in [-0.2, -0.15) is 0 Å². The molecule has 0 spiro atoms. The van der Waals surface area contributed by atoms with Gasteiger partial charge in [-0.25, -0.2) is 9.97 Å². The zero-order chi connectivity index (χ0) is 12.4. The molecule has 88 valence electrons. The number of halogens is 1. The highest BCUT2D eigenvalue weighted by molar-refractivity contribution is 14.1. The van der Waals surface area contributed by atoms with Crippen LogP contribution in [0.15, 0.2) is 24.3 Å². The number of aryl methyl sites for hydroxylation is 2. The monoisotopic (exact) mass is 339 g/mol. The van der Waals surface area contributed by atoms with Crippen LogP contribution in [0.3, 0.4) is 0 Å². The lowest BCUT2D eigenvalue weighted by Crippen LogP contribution is -2.04. The molecule has 4 heteroatoms. The predicted octanol–water partition coefficient (Wildman–Crippen LogP) is 3.20. The van der Waals surface area contributed by atoms with Crippen LogP contribution in [0.25, 0.3) is 11.4 Å². The fraction of sp³-hybridized carbons (Fsp3) is 0.231. The van der Waals surface area contributed by atoms with Crippen LogP contribution in [0.5, 0.6) is 0 Å². The number of aromatic nitrogens is 2. The first kappa shape index (κ1) is 12.3. The zero-order valence-electron chi connectivity index (χ0n) is 9.87. The summed E-state index contributed by atoms with van der Waals surface area (Å²) in [5, 5.41) is 0. The van der Waals surface area contributed by atoms with Gasteiger partial charge in [-0.15, -0.1) is 0 Å². The van der Waals surface area contributed by atoms with Gasteiger partial charge in [-0.1, -0.05) is 36.8 Å². The van der Waals surface area contributed by atoms with E-state index >= 15 is 0 Å². The van der Waals surface area contributed by atoms with E-state index in [4.69, 9.17) is 5.73 Å². The Labute approximate surface area is 115 Å². The number of anilines is 1. The largest absolute Gasteiger partial charge is 0.383 e. The van der Waals surface area contributed by atoms with Crippen molar-refractivity contribution in [3.63, 3.8) is 0 Å². The van der Waals surface area contributed by atoms with E-state index in [1.54, 1.807) is 0 Å². The van der Waals surface area contributed by atoms with Gasteiger partial charge in [0.2, 0.25) is 0 Å². The third-order valence-corrected chi connectivity index (χ3v) is 3.77. The maximum atomic E-state index is 5.91. The summed E-state index contributed by atoms with van der Waals surface area (Å²) in [4.78, 5) is 8.89. The second-order valence-corrected chi connectivity index (χ2v) is 4.99. The summed E-state index contributed by atoms with van der Waals surface area (Å²) in [6.45, 7) is 4.13. The molecule has 0 aliphatic heterocycles. The number of nitrogen functional groups attached to an aromatic ring is 1. The summed E-state index contributed by atoms with van der Waals surface area (Å²) < 4.78 is 0.959. The standard InChI is InChI=1S/C13H14IN3/c1-3-10-11(14)12(15)17-13(16-10)9-6-4-8(2)5-7-9/h4-7H,3H2,1-2H3,(H2,15,16,17). The predicted molar refractivity (Wildman–Crippen MR) is 78.7 cm³/mol. The molecule has 0 fully saturated rings. The van der Waals surface area contributed by atoms with E-state index < -0.39 is 0 Å². The molecule has 1 aromatic heterocycles. The third kappa shape index (κ3) is 2.57. The SMILES string of the molecule is CCc1nc(-c2ccc(C)cc2)nc(N)c1I. The molecule has 3 nitrogen and oxygen atoms in total. The summed E-state index contributed by atoms with van der Waals surface area (Å²) in [6, 6.07) is 8.16. The Hall–Kier alpha value is -1.17. The molecule has 0 saturated carbocycles. The van der Waals surface area contributed by atoms with Crippen LogP contribution < -0.4 is 5.73 Å². The van der Waals surface area contributed by atoms with Crippen molar-refractivity contribution in [1.82, 2.24) is 9.97 Å². The third-order valence-electron chi connectivity index (χ3n) is 2.59. The molecular weight excluding hydrogens is 325 g/mol. The molecule has 0 aliphatic carbocycles. The van der Waals surface area contributed by atoms with Gasteiger partial charge >= 0.3 is 0 Å². The molecule has 1 heterocycles. The molecule has 2 N–H and O–H groups in total. The van der Waals surface area contributed by atoms with Gasteiger partial charge < -0.3 is 5.73 Å². The van der Waals surface area contributed by atoms with E-state index in [1.807, 2.05) is 12.1 Å². The van der Waals surface area contributed by atoms with Crippen molar-refractivity contribution in [2.24, 2.45) is 0 Å². The van der Waals surface area contributed by atoms with Crippen LogP contribution in [0.4, 0.5) is 5.82 Å². The van der Waals surface area contributed by atoms with E-state index in [2.05, 4.69) is 58.5 Å². The van der Waals surface area contributed by atoms with Crippen LogP contribution in [-0.2, 0) is 6.42 Å². The summed E-state index contributed by atoms with van der Waals surface area (Å²) >= 11 is 2.20. The Balaban J connectivity index is 2.52. The van der Waals surface area contributed by atoms with Gasteiger partial charge in [-0.05, 0) is 35.9 Å². The zero-order valence-corrected chi connectivity index (χ0v) is 12.0. The molecule has 0 bridgehead atoms.